The van der Waals surface area contributed by atoms with Gasteiger partial charge in [0.15, 0.2) is 0 Å². The summed E-state index contributed by atoms with van der Waals surface area (Å²) in [5, 5.41) is 8.97. The molecule has 18 heavy (non-hydrogen) atoms. The van der Waals surface area contributed by atoms with E-state index in [-0.39, 0.29) is 0 Å². The average Bonchev–Trinajstić information content (AvgIpc) is 2.35. The Morgan fingerprint density at radius 2 is 2.06 bits per heavy atom. The van der Waals surface area contributed by atoms with Crippen molar-refractivity contribution in [2.45, 2.75) is 45.8 Å². The lowest BCUT2D eigenvalue weighted by Crippen LogP contribution is -2.26. The maximum absolute atomic E-state index is 8.97. The number of rotatable bonds is 3. The summed E-state index contributed by atoms with van der Waals surface area (Å²) >= 11 is 0. The quantitative estimate of drug-likeness (QED) is 0.819. The van der Waals surface area contributed by atoms with Crippen LogP contribution in [0.1, 0.15) is 44.4 Å². The largest absolute Gasteiger partial charge is 0.373 e. The van der Waals surface area contributed by atoms with Crippen molar-refractivity contribution in [1.82, 2.24) is 4.98 Å². The number of nitriles is 1. The van der Waals surface area contributed by atoms with Gasteiger partial charge in [-0.05, 0) is 37.2 Å². The molecule has 1 aliphatic rings. The topological polar surface area (TPSA) is 45.9 Å². The number of ether oxygens (including phenoxy) is 1. The van der Waals surface area contributed by atoms with Crippen molar-refractivity contribution in [2.24, 2.45) is 11.8 Å². The van der Waals surface area contributed by atoms with E-state index in [9.17, 15) is 0 Å². The SMILES string of the molecule is CC1CC(C)CC(OCc2cccnc2C#N)C1. The number of pyridine rings is 1. The van der Waals surface area contributed by atoms with Gasteiger partial charge < -0.3 is 4.74 Å². The number of nitrogens with zero attached hydrogens (tertiary/aromatic N) is 2. The second-order valence-electron chi connectivity index (χ2n) is 5.47. The molecule has 0 N–H and O–H groups in total. The molecule has 96 valence electrons. The number of hydrogen-bond acceptors (Lipinski definition) is 3. The Hall–Kier alpha value is -1.40. The van der Waals surface area contributed by atoms with Crippen LogP contribution in [0.3, 0.4) is 0 Å². The molecule has 2 unspecified atom stereocenters. The van der Waals surface area contributed by atoms with Gasteiger partial charge in [0.05, 0.1) is 12.7 Å². The van der Waals surface area contributed by atoms with Crippen molar-refractivity contribution in [3.8, 4) is 6.07 Å². The van der Waals surface area contributed by atoms with Gasteiger partial charge in [0.2, 0.25) is 0 Å². The van der Waals surface area contributed by atoms with Gasteiger partial charge in [-0.2, -0.15) is 5.26 Å². The third-order valence-electron chi connectivity index (χ3n) is 3.61. The molecule has 0 saturated heterocycles. The minimum Gasteiger partial charge on any atom is -0.373 e. The molecule has 0 bridgehead atoms. The standard InChI is InChI=1S/C15H20N2O/c1-11-6-12(2)8-14(7-11)18-10-13-4-3-5-17-15(13)9-16/h3-5,11-12,14H,6-8,10H2,1-2H3. The van der Waals surface area contributed by atoms with Gasteiger partial charge in [-0.25, -0.2) is 4.98 Å². The summed E-state index contributed by atoms with van der Waals surface area (Å²) in [7, 11) is 0. The Morgan fingerprint density at radius 1 is 1.33 bits per heavy atom. The van der Waals surface area contributed by atoms with Crippen LogP contribution in [-0.2, 0) is 11.3 Å². The molecule has 1 aliphatic carbocycles. The van der Waals surface area contributed by atoms with Gasteiger partial charge in [0, 0.05) is 11.8 Å². The van der Waals surface area contributed by atoms with Crippen molar-refractivity contribution in [1.29, 1.82) is 5.26 Å². The van der Waals surface area contributed by atoms with E-state index < -0.39 is 0 Å². The van der Waals surface area contributed by atoms with Crippen LogP contribution in [0.5, 0.6) is 0 Å². The molecule has 0 aromatic carbocycles. The van der Waals surface area contributed by atoms with Gasteiger partial charge in [0.25, 0.3) is 0 Å². The molecule has 1 fully saturated rings. The zero-order valence-corrected chi connectivity index (χ0v) is 11.1. The Balaban J connectivity index is 1.93. The van der Waals surface area contributed by atoms with Crippen LogP contribution in [0.2, 0.25) is 0 Å². The Bertz CT molecular complexity index is 428. The highest BCUT2D eigenvalue weighted by Gasteiger charge is 2.24. The molecule has 1 saturated carbocycles. The molecular formula is C15H20N2O. The van der Waals surface area contributed by atoms with Crippen molar-refractivity contribution in [2.75, 3.05) is 0 Å². The van der Waals surface area contributed by atoms with Crippen molar-refractivity contribution in [3.63, 3.8) is 0 Å². The van der Waals surface area contributed by atoms with Gasteiger partial charge in [0.1, 0.15) is 11.8 Å². The van der Waals surface area contributed by atoms with E-state index in [1.54, 1.807) is 6.20 Å². The van der Waals surface area contributed by atoms with E-state index in [0.29, 0.717) is 18.4 Å². The first-order chi connectivity index (χ1) is 8.69. The van der Waals surface area contributed by atoms with E-state index in [1.165, 1.54) is 6.42 Å². The molecule has 1 heterocycles. The molecule has 1 aromatic rings. The number of aromatic nitrogens is 1. The highest BCUT2D eigenvalue weighted by Crippen LogP contribution is 2.30. The minimum absolute atomic E-state index is 0.329. The summed E-state index contributed by atoms with van der Waals surface area (Å²) in [5.41, 5.74) is 1.38. The van der Waals surface area contributed by atoms with Crippen molar-refractivity contribution >= 4 is 0 Å². The predicted octanol–water partition coefficient (Wildman–Crippen LogP) is 3.29. The van der Waals surface area contributed by atoms with Crippen LogP contribution < -0.4 is 0 Å². The van der Waals surface area contributed by atoms with Crippen LogP contribution in [0.15, 0.2) is 18.3 Å². The van der Waals surface area contributed by atoms with Crippen LogP contribution >= 0.6 is 0 Å². The van der Waals surface area contributed by atoms with Gasteiger partial charge in [-0.3, -0.25) is 0 Å². The Kier molecular flexibility index (Phi) is 4.33. The minimum atomic E-state index is 0.329. The fourth-order valence-electron chi connectivity index (χ4n) is 2.87. The van der Waals surface area contributed by atoms with Crippen molar-refractivity contribution < 1.29 is 4.74 Å². The molecular weight excluding hydrogens is 224 g/mol. The first-order valence-corrected chi connectivity index (χ1v) is 6.64. The molecule has 2 atom stereocenters. The van der Waals surface area contributed by atoms with Gasteiger partial charge in [-0.15, -0.1) is 0 Å². The summed E-state index contributed by atoms with van der Waals surface area (Å²) in [6.07, 6.45) is 5.54. The Labute approximate surface area is 109 Å². The van der Waals surface area contributed by atoms with Crippen LogP contribution in [0, 0.1) is 23.2 Å². The Morgan fingerprint density at radius 3 is 2.72 bits per heavy atom. The van der Waals surface area contributed by atoms with Crippen LogP contribution in [-0.4, -0.2) is 11.1 Å². The molecule has 0 spiro atoms. The average molecular weight is 244 g/mol. The summed E-state index contributed by atoms with van der Waals surface area (Å²) in [6.45, 7) is 5.08. The summed E-state index contributed by atoms with van der Waals surface area (Å²) in [6, 6.07) is 5.88. The smallest absolute Gasteiger partial charge is 0.145 e. The van der Waals surface area contributed by atoms with Crippen LogP contribution in [0.4, 0.5) is 0 Å². The molecule has 3 nitrogen and oxygen atoms in total. The van der Waals surface area contributed by atoms with E-state index in [2.05, 4.69) is 24.9 Å². The maximum atomic E-state index is 8.97. The van der Waals surface area contributed by atoms with Crippen molar-refractivity contribution in [3.05, 3.63) is 29.6 Å². The molecule has 1 aromatic heterocycles. The van der Waals surface area contributed by atoms with E-state index in [1.807, 2.05) is 12.1 Å². The van der Waals surface area contributed by atoms with Gasteiger partial charge in [-0.1, -0.05) is 19.9 Å². The molecule has 3 heteroatoms. The third kappa shape index (κ3) is 3.30. The third-order valence-corrected chi connectivity index (χ3v) is 3.61. The normalized spacial score (nSPS) is 27.7. The first-order valence-electron chi connectivity index (χ1n) is 6.64. The van der Waals surface area contributed by atoms with E-state index in [0.717, 1.165) is 30.2 Å². The molecule has 0 radical (unpaired) electrons. The number of hydrogen-bond donors (Lipinski definition) is 0. The van der Waals surface area contributed by atoms with E-state index >= 15 is 0 Å². The summed E-state index contributed by atoms with van der Waals surface area (Å²) in [4.78, 5) is 4.05. The monoisotopic (exact) mass is 244 g/mol. The lowest BCUT2D eigenvalue weighted by atomic mass is 9.82. The summed E-state index contributed by atoms with van der Waals surface area (Å²) in [5.74, 6) is 1.48. The predicted molar refractivity (Wildman–Crippen MR) is 69.7 cm³/mol. The zero-order chi connectivity index (χ0) is 13.0. The van der Waals surface area contributed by atoms with Crippen LogP contribution in [0.25, 0.3) is 0 Å². The molecule has 0 aliphatic heterocycles. The van der Waals surface area contributed by atoms with E-state index in [4.69, 9.17) is 10.00 Å². The fraction of sp³-hybridized carbons (Fsp3) is 0.600. The van der Waals surface area contributed by atoms with Gasteiger partial charge >= 0.3 is 0 Å². The zero-order valence-electron chi connectivity index (χ0n) is 11.1. The first kappa shape index (κ1) is 13.0. The summed E-state index contributed by atoms with van der Waals surface area (Å²) < 4.78 is 5.96. The highest BCUT2D eigenvalue weighted by atomic mass is 16.5. The molecule has 0 amide bonds. The lowest BCUT2D eigenvalue weighted by molar-refractivity contribution is -0.00933. The maximum Gasteiger partial charge on any atom is 0.145 e. The highest BCUT2D eigenvalue weighted by molar-refractivity contribution is 5.29. The fourth-order valence-corrected chi connectivity index (χ4v) is 2.87. The second-order valence-corrected chi connectivity index (χ2v) is 5.47. The lowest BCUT2D eigenvalue weighted by Gasteiger charge is -2.31. The second kappa shape index (κ2) is 5.97. The molecule has 2 rings (SSSR count).